The highest BCUT2D eigenvalue weighted by Gasteiger charge is 2.17. The van der Waals surface area contributed by atoms with Crippen molar-refractivity contribution in [1.82, 2.24) is 29.7 Å². The van der Waals surface area contributed by atoms with Crippen LogP contribution in [-0.4, -0.2) is 36.8 Å². The van der Waals surface area contributed by atoms with E-state index in [9.17, 15) is 4.79 Å². The van der Waals surface area contributed by atoms with Crippen molar-refractivity contribution in [3.05, 3.63) is 38.6 Å². The van der Waals surface area contributed by atoms with Gasteiger partial charge in [-0.15, -0.1) is 11.3 Å². The van der Waals surface area contributed by atoms with Gasteiger partial charge in [0.2, 0.25) is 0 Å². The van der Waals surface area contributed by atoms with Gasteiger partial charge in [0.15, 0.2) is 5.65 Å². The van der Waals surface area contributed by atoms with Crippen LogP contribution in [-0.2, 0) is 13.6 Å². The summed E-state index contributed by atoms with van der Waals surface area (Å²) in [5.41, 5.74) is 1.32. The molecular weight excluding hydrogens is 394 g/mol. The van der Waals surface area contributed by atoms with Gasteiger partial charge in [-0.1, -0.05) is 0 Å². The Morgan fingerprint density at radius 3 is 3.08 bits per heavy atom. The summed E-state index contributed by atoms with van der Waals surface area (Å²) in [6.07, 6.45) is 1.50. The molecule has 0 saturated carbocycles. The number of halogens is 1. The van der Waals surface area contributed by atoms with Crippen molar-refractivity contribution >= 4 is 54.3 Å². The minimum atomic E-state index is -0.117. The lowest BCUT2D eigenvalue weighted by atomic mass is 10.3. The summed E-state index contributed by atoms with van der Waals surface area (Å²) in [6.45, 7) is 0.411. The predicted octanol–water partition coefficient (Wildman–Crippen LogP) is 2.06. The van der Waals surface area contributed by atoms with E-state index in [0.29, 0.717) is 33.0 Å². The van der Waals surface area contributed by atoms with Crippen LogP contribution in [0.4, 0.5) is 5.82 Å². The van der Waals surface area contributed by atoms with E-state index in [1.165, 1.54) is 17.7 Å². The monoisotopic (exact) mass is 405 g/mol. The number of hydrogen-bond donors (Lipinski definition) is 1. The Labute approximate surface area is 148 Å². The molecule has 0 aliphatic heterocycles. The zero-order valence-corrected chi connectivity index (χ0v) is 15.2. The molecule has 0 bridgehead atoms. The van der Waals surface area contributed by atoms with Gasteiger partial charge in [-0.25, -0.2) is 19.6 Å². The molecule has 0 fully saturated rings. The van der Waals surface area contributed by atoms with Gasteiger partial charge in [-0.05, 0) is 27.4 Å². The number of nitrogens with zero attached hydrogens (tertiary/aromatic N) is 6. The number of rotatable bonds is 3. The number of H-pyrrole nitrogens is 1. The molecule has 1 N–H and O–H groups in total. The lowest BCUT2D eigenvalue weighted by Crippen LogP contribution is -2.22. The average Bonchev–Trinajstić information content (AvgIpc) is 3.13. The number of aromatic amines is 1. The number of aryl methyl sites for hydroxylation is 1. The van der Waals surface area contributed by atoms with E-state index >= 15 is 0 Å². The van der Waals surface area contributed by atoms with E-state index in [4.69, 9.17) is 0 Å². The van der Waals surface area contributed by atoms with Gasteiger partial charge in [0.25, 0.3) is 5.56 Å². The van der Waals surface area contributed by atoms with Gasteiger partial charge in [0, 0.05) is 14.1 Å². The molecule has 24 heavy (non-hydrogen) atoms. The molecule has 4 aromatic heterocycles. The molecule has 4 rings (SSSR count). The van der Waals surface area contributed by atoms with Gasteiger partial charge >= 0.3 is 0 Å². The molecule has 0 saturated heterocycles. The van der Waals surface area contributed by atoms with Gasteiger partial charge < -0.3 is 9.88 Å². The second kappa shape index (κ2) is 5.64. The molecular formula is C14H12BrN7OS. The van der Waals surface area contributed by atoms with Gasteiger partial charge in [0.05, 0.1) is 17.4 Å². The normalized spacial score (nSPS) is 11.5. The van der Waals surface area contributed by atoms with Gasteiger partial charge in [-0.2, -0.15) is 5.10 Å². The fraction of sp³-hybridized carbons (Fsp3) is 0.214. The maximum atomic E-state index is 12.1. The van der Waals surface area contributed by atoms with Crippen molar-refractivity contribution in [1.29, 1.82) is 0 Å². The first-order chi connectivity index (χ1) is 11.5. The van der Waals surface area contributed by atoms with Crippen LogP contribution in [0.2, 0.25) is 0 Å². The third kappa shape index (κ3) is 2.38. The van der Waals surface area contributed by atoms with E-state index in [1.54, 1.807) is 4.68 Å². The van der Waals surface area contributed by atoms with E-state index < -0.39 is 0 Å². The number of hydrogen-bond acceptors (Lipinski definition) is 7. The van der Waals surface area contributed by atoms with Crippen LogP contribution in [0.1, 0.15) is 5.82 Å². The van der Waals surface area contributed by atoms with Crippen LogP contribution in [0.25, 0.3) is 21.3 Å². The Balaban J connectivity index is 1.76. The van der Waals surface area contributed by atoms with Crippen molar-refractivity contribution < 1.29 is 0 Å². The molecule has 0 spiro atoms. The zero-order chi connectivity index (χ0) is 16.8. The van der Waals surface area contributed by atoms with Crippen molar-refractivity contribution in [2.75, 3.05) is 11.9 Å². The van der Waals surface area contributed by atoms with E-state index in [-0.39, 0.29) is 5.56 Å². The Morgan fingerprint density at radius 2 is 2.25 bits per heavy atom. The highest BCUT2D eigenvalue weighted by Crippen LogP contribution is 2.29. The van der Waals surface area contributed by atoms with Crippen LogP contribution in [0, 0.1) is 0 Å². The molecule has 0 radical (unpaired) electrons. The number of thiophene rings is 1. The maximum Gasteiger partial charge on any atom is 0.268 e. The Hall–Kier alpha value is -2.33. The molecule has 0 atom stereocenters. The molecule has 8 nitrogen and oxygen atoms in total. The summed E-state index contributed by atoms with van der Waals surface area (Å²) in [7, 11) is 3.71. The summed E-state index contributed by atoms with van der Waals surface area (Å²) < 4.78 is 3.01. The molecule has 0 aromatic carbocycles. The molecule has 122 valence electrons. The molecule has 0 aliphatic carbocycles. The topological polar surface area (TPSA) is 92.6 Å². The molecule has 0 amide bonds. The molecule has 4 heterocycles. The molecule has 4 aromatic rings. The minimum absolute atomic E-state index is 0.117. The van der Waals surface area contributed by atoms with E-state index in [2.05, 4.69) is 41.0 Å². The summed E-state index contributed by atoms with van der Waals surface area (Å²) in [6, 6.07) is 1.85. The summed E-state index contributed by atoms with van der Waals surface area (Å²) >= 11 is 4.84. The first-order valence-electron chi connectivity index (χ1n) is 7.05. The Kier molecular flexibility index (Phi) is 3.57. The van der Waals surface area contributed by atoms with Crippen LogP contribution in [0.15, 0.2) is 27.2 Å². The second-order valence-electron chi connectivity index (χ2n) is 5.31. The smallest absolute Gasteiger partial charge is 0.268 e. The van der Waals surface area contributed by atoms with Crippen molar-refractivity contribution in [3.8, 4) is 0 Å². The van der Waals surface area contributed by atoms with Gasteiger partial charge in [-0.3, -0.25) is 4.79 Å². The fourth-order valence-electron chi connectivity index (χ4n) is 2.61. The average molecular weight is 406 g/mol. The molecule has 0 unspecified atom stereocenters. The van der Waals surface area contributed by atoms with Crippen LogP contribution < -0.4 is 10.5 Å². The fourth-order valence-corrected chi connectivity index (χ4v) is 3.93. The highest BCUT2D eigenvalue weighted by atomic mass is 79.9. The summed E-state index contributed by atoms with van der Waals surface area (Å²) in [4.78, 5) is 30.0. The van der Waals surface area contributed by atoms with Crippen molar-refractivity contribution in [3.63, 3.8) is 0 Å². The van der Waals surface area contributed by atoms with Crippen molar-refractivity contribution in [2.24, 2.45) is 7.05 Å². The standard InChI is InChI=1S/C14H12BrN7OS/c1-21(5-8-18-7-3-4-24-10(7)14(23)19-8)12-9-11(15)20-22(2)13(9)17-6-16-12/h3-4,6H,5H2,1-2H3,(H,18,19,23). The van der Waals surface area contributed by atoms with E-state index in [0.717, 1.165) is 11.0 Å². The maximum absolute atomic E-state index is 12.1. The number of fused-ring (bicyclic) bond motifs is 2. The second-order valence-corrected chi connectivity index (χ2v) is 6.98. The Morgan fingerprint density at radius 1 is 1.42 bits per heavy atom. The Bertz CT molecular complexity index is 1120. The molecule has 10 heteroatoms. The van der Waals surface area contributed by atoms with Crippen LogP contribution >= 0.6 is 27.3 Å². The van der Waals surface area contributed by atoms with Crippen molar-refractivity contribution in [2.45, 2.75) is 6.54 Å². The molecule has 0 aliphatic rings. The van der Waals surface area contributed by atoms with Gasteiger partial charge in [0.1, 0.15) is 27.3 Å². The quantitative estimate of drug-likeness (QED) is 0.560. The third-order valence-corrected chi connectivity index (χ3v) is 5.13. The van der Waals surface area contributed by atoms with Crippen LogP contribution in [0.5, 0.6) is 0 Å². The highest BCUT2D eigenvalue weighted by molar-refractivity contribution is 9.10. The van der Waals surface area contributed by atoms with E-state index in [1.807, 2.05) is 30.4 Å². The first-order valence-corrected chi connectivity index (χ1v) is 8.72. The largest absolute Gasteiger partial charge is 0.351 e. The zero-order valence-electron chi connectivity index (χ0n) is 12.8. The summed E-state index contributed by atoms with van der Waals surface area (Å²) in [5, 5.41) is 7.00. The predicted molar refractivity (Wildman–Crippen MR) is 96.4 cm³/mol. The number of nitrogens with one attached hydrogen (secondary N) is 1. The lowest BCUT2D eigenvalue weighted by Gasteiger charge is -2.18. The SMILES string of the molecule is CN(Cc1nc2ccsc2c(=O)[nH]1)c1ncnc2c1c(Br)nn2C. The van der Waals surface area contributed by atoms with Crippen LogP contribution in [0.3, 0.4) is 0 Å². The number of anilines is 1. The minimum Gasteiger partial charge on any atom is -0.351 e. The summed E-state index contributed by atoms with van der Waals surface area (Å²) in [5.74, 6) is 1.30. The number of aromatic nitrogens is 6. The first kappa shape index (κ1) is 15.2. The lowest BCUT2D eigenvalue weighted by molar-refractivity contribution is 0.777. The third-order valence-electron chi connectivity index (χ3n) is 3.67.